The molecular weight excluding hydrogens is 208 g/mol. The lowest BCUT2D eigenvalue weighted by atomic mass is 9.99. The molecule has 2 nitrogen and oxygen atoms in total. The smallest absolute Gasteiger partial charge is 0.0454 e. The second-order valence-corrected chi connectivity index (χ2v) is 3.99. The van der Waals surface area contributed by atoms with Gasteiger partial charge in [0, 0.05) is 24.1 Å². The molecule has 2 heterocycles. The second-order valence-electron chi connectivity index (χ2n) is 3.99. The topological polar surface area (TPSA) is 28.7 Å². The lowest BCUT2D eigenvalue weighted by Gasteiger charge is -2.06. The monoisotopic (exact) mass is 220 g/mol. The van der Waals surface area contributed by atoms with Gasteiger partial charge in [-0.1, -0.05) is 12.6 Å². The molecule has 0 saturated heterocycles. The minimum Gasteiger partial charge on any atom is -0.361 e. The average Bonchev–Trinajstić information content (AvgIpc) is 2.86. The zero-order valence-electron chi connectivity index (χ0n) is 9.35. The first-order valence-electron chi connectivity index (χ1n) is 5.51. The van der Waals surface area contributed by atoms with Crippen LogP contribution in [0.5, 0.6) is 0 Å². The molecule has 0 radical (unpaired) electrons. The molecule has 0 spiro atoms. The van der Waals surface area contributed by atoms with E-state index in [9.17, 15) is 0 Å². The summed E-state index contributed by atoms with van der Waals surface area (Å²) in [4.78, 5) is 7.20. The zero-order chi connectivity index (χ0) is 11.7. The number of hydrogen-bond acceptors (Lipinski definition) is 1. The molecule has 17 heavy (non-hydrogen) atoms. The van der Waals surface area contributed by atoms with Crippen LogP contribution in [0.15, 0.2) is 61.6 Å². The number of rotatable bonds is 2. The number of hydrogen-bond donors (Lipinski definition) is 1. The van der Waals surface area contributed by atoms with Crippen molar-refractivity contribution in [3.63, 3.8) is 0 Å². The van der Waals surface area contributed by atoms with Crippen LogP contribution in [0.1, 0.15) is 11.1 Å². The van der Waals surface area contributed by atoms with Crippen molar-refractivity contribution in [3.05, 3.63) is 72.7 Å². The van der Waals surface area contributed by atoms with Gasteiger partial charge in [0.05, 0.1) is 0 Å². The Bertz CT molecular complexity index is 665. The Morgan fingerprint density at radius 3 is 2.65 bits per heavy atom. The van der Waals surface area contributed by atoms with Crippen molar-refractivity contribution >= 4 is 16.5 Å². The fourth-order valence-corrected chi connectivity index (χ4v) is 1.96. The van der Waals surface area contributed by atoms with Crippen LogP contribution in [0, 0.1) is 0 Å². The first-order chi connectivity index (χ1) is 8.34. The van der Waals surface area contributed by atoms with E-state index in [2.05, 4.69) is 40.8 Å². The van der Waals surface area contributed by atoms with E-state index in [-0.39, 0.29) is 0 Å². The van der Waals surface area contributed by atoms with Crippen LogP contribution >= 0.6 is 0 Å². The Morgan fingerprint density at radius 1 is 1.00 bits per heavy atom. The van der Waals surface area contributed by atoms with Gasteiger partial charge in [-0.3, -0.25) is 4.98 Å². The minimum atomic E-state index is 1.02. The van der Waals surface area contributed by atoms with Crippen molar-refractivity contribution in [3.8, 4) is 0 Å². The molecule has 0 bridgehead atoms. The molecule has 0 fully saturated rings. The molecule has 0 aliphatic carbocycles. The van der Waals surface area contributed by atoms with E-state index in [4.69, 9.17) is 0 Å². The SMILES string of the molecule is C=C(c1ccncc1)c1ccc2[nH]ccc2c1. The Morgan fingerprint density at radius 2 is 1.82 bits per heavy atom. The van der Waals surface area contributed by atoms with E-state index in [0.717, 1.165) is 22.2 Å². The highest BCUT2D eigenvalue weighted by atomic mass is 14.7. The number of nitrogens with zero attached hydrogens (tertiary/aromatic N) is 1. The quantitative estimate of drug-likeness (QED) is 0.702. The van der Waals surface area contributed by atoms with Crippen LogP contribution in [0.2, 0.25) is 0 Å². The normalized spacial score (nSPS) is 10.6. The van der Waals surface area contributed by atoms with Gasteiger partial charge in [-0.05, 0) is 52.4 Å². The maximum Gasteiger partial charge on any atom is 0.0454 e. The van der Waals surface area contributed by atoms with E-state index >= 15 is 0 Å². The van der Waals surface area contributed by atoms with Crippen molar-refractivity contribution in [2.75, 3.05) is 0 Å². The standard InChI is InChI=1S/C15H12N2/c1-11(12-4-7-16-8-5-12)13-2-3-15-14(10-13)6-9-17-15/h2-10,17H,1H2. The molecule has 0 amide bonds. The number of aromatic amines is 1. The molecule has 1 aromatic carbocycles. The third-order valence-electron chi connectivity index (χ3n) is 2.93. The van der Waals surface area contributed by atoms with Crippen molar-refractivity contribution < 1.29 is 0 Å². The molecule has 0 atom stereocenters. The molecule has 0 saturated carbocycles. The highest BCUT2D eigenvalue weighted by molar-refractivity contribution is 5.87. The number of aromatic nitrogens is 2. The Balaban J connectivity index is 2.06. The molecule has 0 aliphatic rings. The average molecular weight is 220 g/mol. The van der Waals surface area contributed by atoms with Gasteiger partial charge in [-0.25, -0.2) is 0 Å². The minimum absolute atomic E-state index is 1.02. The maximum absolute atomic E-state index is 4.15. The van der Waals surface area contributed by atoms with Crippen molar-refractivity contribution in [1.29, 1.82) is 0 Å². The molecule has 0 aliphatic heterocycles. The van der Waals surface area contributed by atoms with E-state index in [1.807, 2.05) is 18.3 Å². The number of H-pyrrole nitrogens is 1. The van der Waals surface area contributed by atoms with Crippen LogP contribution < -0.4 is 0 Å². The summed E-state index contributed by atoms with van der Waals surface area (Å²) in [5.41, 5.74) is 4.42. The van der Waals surface area contributed by atoms with E-state index in [0.29, 0.717) is 0 Å². The van der Waals surface area contributed by atoms with E-state index in [1.165, 1.54) is 5.39 Å². The molecule has 3 aromatic rings. The first-order valence-corrected chi connectivity index (χ1v) is 5.51. The van der Waals surface area contributed by atoms with Gasteiger partial charge in [0.15, 0.2) is 0 Å². The summed E-state index contributed by atoms with van der Waals surface area (Å²) in [5, 5.41) is 1.21. The van der Waals surface area contributed by atoms with Crippen molar-refractivity contribution in [1.82, 2.24) is 9.97 Å². The van der Waals surface area contributed by atoms with Crippen LogP contribution in [-0.2, 0) is 0 Å². The molecule has 82 valence electrons. The van der Waals surface area contributed by atoms with E-state index < -0.39 is 0 Å². The maximum atomic E-state index is 4.15. The molecular formula is C15H12N2. The molecule has 3 rings (SSSR count). The number of pyridine rings is 1. The second kappa shape index (κ2) is 3.91. The fraction of sp³-hybridized carbons (Fsp3) is 0. The summed E-state index contributed by atoms with van der Waals surface area (Å²) in [6.07, 6.45) is 5.52. The highest BCUT2D eigenvalue weighted by Gasteiger charge is 2.03. The zero-order valence-corrected chi connectivity index (χ0v) is 9.35. The third kappa shape index (κ3) is 1.74. The van der Waals surface area contributed by atoms with Gasteiger partial charge < -0.3 is 4.98 Å². The van der Waals surface area contributed by atoms with E-state index in [1.54, 1.807) is 12.4 Å². The highest BCUT2D eigenvalue weighted by Crippen LogP contribution is 2.24. The third-order valence-corrected chi connectivity index (χ3v) is 2.93. The van der Waals surface area contributed by atoms with Crippen LogP contribution in [-0.4, -0.2) is 9.97 Å². The Kier molecular flexibility index (Phi) is 2.26. The van der Waals surface area contributed by atoms with Crippen LogP contribution in [0.4, 0.5) is 0 Å². The lowest BCUT2D eigenvalue weighted by Crippen LogP contribution is -1.86. The summed E-state index contributed by atoms with van der Waals surface area (Å²) in [5.74, 6) is 0. The van der Waals surface area contributed by atoms with Gasteiger partial charge in [0.25, 0.3) is 0 Å². The Labute approximate surface area is 99.6 Å². The lowest BCUT2D eigenvalue weighted by molar-refractivity contribution is 1.32. The van der Waals surface area contributed by atoms with Gasteiger partial charge in [0.2, 0.25) is 0 Å². The molecule has 1 N–H and O–H groups in total. The van der Waals surface area contributed by atoms with Gasteiger partial charge in [0.1, 0.15) is 0 Å². The predicted molar refractivity (Wildman–Crippen MR) is 70.7 cm³/mol. The summed E-state index contributed by atoms with van der Waals surface area (Å²) in [7, 11) is 0. The van der Waals surface area contributed by atoms with Crippen molar-refractivity contribution in [2.24, 2.45) is 0 Å². The Hall–Kier alpha value is -2.35. The van der Waals surface area contributed by atoms with Crippen LogP contribution in [0.3, 0.4) is 0 Å². The predicted octanol–water partition coefficient (Wildman–Crippen LogP) is 3.62. The van der Waals surface area contributed by atoms with Gasteiger partial charge in [-0.2, -0.15) is 0 Å². The number of fused-ring (bicyclic) bond motifs is 1. The van der Waals surface area contributed by atoms with Gasteiger partial charge >= 0.3 is 0 Å². The molecule has 0 unspecified atom stereocenters. The summed E-state index contributed by atoms with van der Waals surface area (Å²) in [6.45, 7) is 4.15. The van der Waals surface area contributed by atoms with Crippen LogP contribution in [0.25, 0.3) is 16.5 Å². The first kappa shape index (κ1) is 9.85. The summed E-state index contributed by atoms with van der Waals surface area (Å²) < 4.78 is 0. The summed E-state index contributed by atoms with van der Waals surface area (Å²) >= 11 is 0. The largest absolute Gasteiger partial charge is 0.361 e. The number of nitrogens with one attached hydrogen (secondary N) is 1. The molecule has 2 heteroatoms. The fourth-order valence-electron chi connectivity index (χ4n) is 1.96. The van der Waals surface area contributed by atoms with Crippen molar-refractivity contribution in [2.45, 2.75) is 0 Å². The molecule has 2 aromatic heterocycles. The van der Waals surface area contributed by atoms with Gasteiger partial charge in [-0.15, -0.1) is 0 Å². The number of benzene rings is 1. The summed E-state index contributed by atoms with van der Waals surface area (Å²) in [6, 6.07) is 12.3.